The normalized spacial score (nSPS) is 8.53. The van der Waals surface area contributed by atoms with Crippen molar-refractivity contribution < 1.29 is 32.7 Å². The van der Waals surface area contributed by atoms with Gasteiger partial charge in [-0.3, -0.25) is 0 Å². The van der Waals surface area contributed by atoms with Crippen molar-refractivity contribution in [3.63, 3.8) is 0 Å². The second kappa shape index (κ2) is 7.79. The molecular formula is C14H14Y-2. The predicted octanol–water partition coefficient (Wildman–Crippen LogP) is 3.53. The standard InChI is InChI=1S/C13H11.CH3.Y/c1-3-7-12(8-4-1)11-13-9-5-2-6-10-13;;/h1,3-10H,11H2;1H3;/q2*-1;. The van der Waals surface area contributed by atoms with E-state index < -0.39 is 0 Å². The van der Waals surface area contributed by atoms with E-state index >= 15 is 0 Å². The monoisotopic (exact) mass is 271 g/mol. The minimum absolute atomic E-state index is 0. The molecular weight excluding hydrogens is 257 g/mol. The van der Waals surface area contributed by atoms with Crippen molar-refractivity contribution in [2.75, 3.05) is 0 Å². The Morgan fingerprint density at radius 3 is 1.93 bits per heavy atom. The Morgan fingerprint density at radius 1 is 0.800 bits per heavy atom. The van der Waals surface area contributed by atoms with Crippen LogP contribution in [-0.2, 0) is 39.1 Å². The molecule has 75 valence electrons. The fraction of sp³-hybridized carbons (Fsp3) is 0.0714. The summed E-state index contributed by atoms with van der Waals surface area (Å²) in [5.41, 5.74) is 2.69. The van der Waals surface area contributed by atoms with E-state index in [1.54, 1.807) is 0 Å². The summed E-state index contributed by atoms with van der Waals surface area (Å²) in [6.07, 6.45) is 1.01. The van der Waals surface area contributed by atoms with Gasteiger partial charge in [0, 0.05) is 32.7 Å². The summed E-state index contributed by atoms with van der Waals surface area (Å²) in [5.74, 6) is 0. The van der Waals surface area contributed by atoms with Gasteiger partial charge in [0.25, 0.3) is 0 Å². The topological polar surface area (TPSA) is 0 Å². The molecule has 2 aromatic rings. The molecule has 0 spiro atoms. The predicted molar refractivity (Wildman–Crippen MR) is 60.9 cm³/mol. The van der Waals surface area contributed by atoms with Gasteiger partial charge >= 0.3 is 0 Å². The number of hydrogen-bond acceptors (Lipinski definition) is 0. The molecule has 2 aromatic carbocycles. The third kappa shape index (κ3) is 4.73. The molecule has 0 fully saturated rings. The molecule has 15 heavy (non-hydrogen) atoms. The quantitative estimate of drug-likeness (QED) is 0.733. The maximum atomic E-state index is 3.02. The van der Waals surface area contributed by atoms with Crippen molar-refractivity contribution >= 4 is 0 Å². The maximum absolute atomic E-state index is 3.02. The van der Waals surface area contributed by atoms with Crippen LogP contribution in [0.25, 0.3) is 0 Å². The van der Waals surface area contributed by atoms with E-state index in [0.29, 0.717) is 0 Å². The zero-order chi connectivity index (χ0) is 8.93. The molecule has 0 aliphatic carbocycles. The van der Waals surface area contributed by atoms with Gasteiger partial charge in [0.15, 0.2) is 0 Å². The summed E-state index contributed by atoms with van der Waals surface area (Å²) in [6, 6.07) is 21.6. The molecule has 0 aromatic heterocycles. The van der Waals surface area contributed by atoms with Crippen LogP contribution in [0.5, 0.6) is 0 Å². The summed E-state index contributed by atoms with van der Waals surface area (Å²) in [6.45, 7) is 0. The Labute approximate surface area is 118 Å². The molecule has 0 nitrogen and oxygen atoms in total. The first-order valence-electron chi connectivity index (χ1n) is 4.44. The van der Waals surface area contributed by atoms with E-state index in [0.717, 1.165) is 6.42 Å². The zero-order valence-electron chi connectivity index (χ0n) is 8.98. The van der Waals surface area contributed by atoms with Gasteiger partial charge in [0.1, 0.15) is 0 Å². The zero-order valence-corrected chi connectivity index (χ0v) is 11.8. The Bertz CT molecular complexity index is 316. The largest absolute Gasteiger partial charge is 0.358 e. The molecule has 1 heteroatoms. The molecule has 2 rings (SSSR count). The average molecular weight is 271 g/mol. The Morgan fingerprint density at radius 2 is 1.33 bits per heavy atom. The third-order valence-corrected chi connectivity index (χ3v) is 2.04. The van der Waals surface area contributed by atoms with E-state index in [1.165, 1.54) is 11.1 Å². The second-order valence-electron chi connectivity index (χ2n) is 3.07. The van der Waals surface area contributed by atoms with Gasteiger partial charge in [-0.2, -0.15) is 35.9 Å². The van der Waals surface area contributed by atoms with Gasteiger partial charge in [-0.15, -0.1) is 0 Å². The minimum Gasteiger partial charge on any atom is -0.358 e. The van der Waals surface area contributed by atoms with Crippen molar-refractivity contribution in [1.29, 1.82) is 0 Å². The summed E-state index contributed by atoms with van der Waals surface area (Å²) >= 11 is 0. The Hall–Kier alpha value is -0.456. The van der Waals surface area contributed by atoms with Crippen LogP contribution in [0.4, 0.5) is 0 Å². The third-order valence-electron chi connectivity index (χ3n) is 2.04. The van der Waals surface area contributed by atoms with Crippen LogP contribution in [0, 0.1) is 13.5 Å². The molecule has 0 heterocycles. The van der Waals surface area contributed by atoms with E-state index in [4.69, 9.17) is 0 Å². The molecule has 1 radical (unpaired) electrons. The molecule has 0 amide bonds. The van der Waals surface area contributed by atoms with Gasteiger partial charge in [-0.05, 0) is 12.0 Å². The number of benzene rings is 2. The van der Waals surface area contributed by atoms with Crippen LogP contribution in [0.3, 0.4) is 0 Å². The van der Waals surface area contributed by atoms with Crippen LogP contribution in [0.2, 0.25) is 0 Å². The van der Waals surface area contributed by atoms with Crippen LogP contribution >= 0.6 is 0 Å². The molecule has 0 bridgehead atoms. The van der Waals surface area contributed by atoms with Gasteiger partial charge in [0.05, 0.1) is 0 Å². The summed E-state index contributed by atoms with van der Waals surface area (Å²) in [5, 5.41) is 0. The van der Waals surface area contributed by atoms with Crippen LogP contribution < -0.4 is 0 Å². The Balaban J connectivity index is 0.000000980. The van der Waals surface area contributed by atoms with E-state index in [-0.39, 0.29) is 40.1 Å². The van der Waals surface area contributed by atoms with Gasteiger partial charge < -0.3 is 7.43 Å². The fourth-order valence-electron chi connectivity index (χ4n) is 1.37. The van der Waals surface area contributed by atoms with Crippen LogP contribution in [0.15, 0.2) is 54.6 Å². The van der Waals surface area contributed by atoms with E-state index in [9.17, 15) is 0 Å². The molecule has 0 aliphatic heterocycles. The Kier molecular flexibility index (Phi) is 7.55. The SMILES string of the molecule is [CH3-].[Y].[c-]1ccc(Cc2ccccc2)cc1. The molecule has 0 N–H and O–H groups in total. The van der Waals surface area contributed by atoms with Gasteiger partial charge in [-0.1, -0.05) is 30.3 Å². The molecule has 0 aliphatic rings. The van der Waals surface area contributed by atoms with Crippen LogP contribution in [-0.4, -0.2) is 0 Å². The summed E-state index contributed by atoms with van der Waals surface area (Å²) in [4.78, 5) is 0. The second-order valence-corrected chi connectivity index (χ2v) is 3.07. The maximum Gasteiger partial charge on any atom is 0 e. The summed E-state index contributed by atoms with van der Waals surface area (Å²) in [7, 11) is 0. The van der Waals surface area contributed by atoms with Crippen molar-refractivity contribution in [2.45, 2.75) is 6.42 Å². The fourth-order valence-corrected chi connectivity index (χ4v) is 1.37. The summed E-state index contributed by atoms with van der Waals surface area (Å²) < 4.78 is 0. The average Bonchev–Trinajstić information content (AvgIpc) is 2.21. The van der Waals surface area contributed by atoms with Crippen molar-refractivity contribution in [2.24, 2.45) is 0 Å². The van der Waals surface area contributed by atoms with Gasteiger partial charge in [-0.25, -0.2) is 0 Å². The van der Waals surface area contributed by atoms with Crippen LogP contribution in [0.1, 0.15) is 11.1 Å². The molecule has 0 atom stereocenters. The number of hydrogen-bond donors (Lipinski definition) is 0. The van der Waals surface area contributed by atoms with Gasteiger partial charge in [0.2, 0.25) is 0 Å². The number of rotatable bonds is 2. The molecule has 0 saturated carbocycles. The first kappa shape index (κ1) is 14.5. The van der Waals surface area contributed by atoms with Crippen molar-refractivity contribution in [3.8, 4) is 0 Å². The molecule has 0 saturated heterocycles. The van der Waals surface area contributed by atoms with Crippen molar-refractivity contribution in [3.05, 3.63) is 79.2 Å². The first-order chi connectivity index (χ1) is 6.45. The van der Waals surface area contributed by atoms with E-state index in [1.807, 2.05) is 18.2 Å². The minimum atomic E-state index is 0. The van der Waals surface area contributed by atoms with Crippen molar-refractivity contribution in [1.82, 2.24) is 0 Å². The molecule has 0 unspecified atom stereocenters. The first-order valence-corrected chi connectivity index (χ1v) is 4.44. The van der Waals surface area contributed by atoms with E-state index in [2.05, 4.69) is 42.5 Å². The smallest absolute Gasteiger partial charge is 0 e.